The molecule has 0 aliphatic heterocycles. The molecule has 0 heterocycles. The Morgan fingerprint density at radius 3 is 2.92 bits per heavy atom. The van der Waals surface area contributed by atoms with Crippen LogP contribution in [0.2, 0.25) is 0 Å². The van der Waals surface area contributed by atoms with E-state index in [1.165, 1.54) is 0 Å². The molecule has 12 heavy (non-hydrogen) atoms. The highest BCUT2D eigenvalue weighted by molar-refractivity contribution is 5.49. The van der Waals surface area contributed by atoms with Crippen molar-refractivity contribution in [3.63, 3.8) is 0 Å². The molecule has 0 saturated carbocycles. The van der Waals surface area contributed by atoms with Crippen molar-refractivity contribution in [1.82, 2.24) is 0 Å². The molecule has 2 heteroatoms. The fraction of sp³-hybridized carbons (Fsp3) is 0.300. The molecule has 0 atom stereocenters. The first-order valence-electron chi connectivity index (χ1n) is 4.06. The van der Waals surface area contributed by atoms with Crippen LogP contribution in [0.15, 0.2) is 12.1 Å². The largest absolute Gasteiger partial charge is 0.508 e. The summed E-state index contributed by atoms with van der Waals surface area (Å²) in [5.41, 5.74) is 2.92. The van der Waals surface area contributed by atoms with Crippen molar-refractivity contribution in [2.24, 2.45) is 0 Å². The Morgan fingerprint density at radius 2 is 2.17 bits per heavy atom. The first-order chi connectivity index (χ1) is 5.81. The average molecular weight is 159 g/mol. The predicted octanol–water partition coefficient (Wildman–Crippen LogP) is 1.75. The zero-order chi connectivity index (χ0) is 8.55. The number of hydrogen-bond donors (Lipinski definition) is 1. The summed E-state index contributed by atoms with van der Waals surface area (Å²) in [6.45, 7) is 0. The third kappa shape index (κ3) is 0.947. The van der Waals surface area contributed by atoms with Gasteiger partial charge >= 0.3 is 0 Å². The molecule has 0 bridgehead atoms. The Balaban J connectivity index is 2.64. The summed E-state index contributed by atoms with van der Waals surface area (Å²) in [6, 6.07) is 5.42. The standard InChI is InChI=1S/C10H9NO/c11-6-8-5-9(12)4-7-2-1-3-10(7)8/h4-5,12H,1-3H2. The third-order valence-corrected chi connectivity index (χ3v) is 2.32. The van der Waals surface area contributed by atoms with E-state index in [0.29, 0.717) is 5.56 Å². The number of benzene rings is 1. The van der Waals surface area contributed by atoms with Gasteiger partial charge in [-0.2, -0.15) is 5.26 Å². The molecule has 1 N–H and O–H groups in total. The van der Waals surface area contributed by atoms with Gasteiger partial charge < -0.3 is 5.11 Å². The Bertz CT molecular complexity index is 363. The summed E-state index contributed by atoms with van der Waals surface area (Å²) in [5, 5.41) is 18.0. The van der Waals surface area contributed by atoms with Gasteiger partial charge in [-0.25, -0.2) is 0 Å². The van der Waals surface area contributed by atoms with E-state index >= 15 is 0 Å². The number of fused-ring (bicyclic) bond motifs is 1. The maximum atomic E-state index is 9.26. The number of rotatable bonds is 0. The van der Waals surface area contributed by atoms with Crippen LogP contribution < -0.4 is 0 Å². The molecule has 0 radical (unpaired) electrons. The second kappa shape index (κ2) is 2.53. The minimum Gasteiger partial charge on any atom is -0.508 e. The topological polar surface area (TPSA) is 44.0 Å². The van der Waals surface area contributed by atoms with E-state index in [4.69, 9.17) is 5.26 Å². The maximum Gasteiger partial charge on any atom is 0.117 e. The van der Waals surface area contributed by atoms with Gasteiger partial charge in [-0.1, -0.05) is 0 Å². The summed E-state index contributed by atoms with van der Waals surface area (Å²) in [7, 11) is 0. The molecular weight excluding hydrogens is 150 g/mol. The van der Waals surface area contributed by atoms with Crippen LogP contribution in [0.5, 0.6) is 5.75 Å². The van der Waals surface area contributed by atoms with Crippen molar-refractivity contribution in [2.45, 2.75) is 19.3 Å². The van der Waals surface area contributed by atoms with E-state index in [1.807, 2.05) is 0 Å². The normalized spacial score (nSPS) is 13.9. The van der Waals surface area contributed by atoms with Crippen LogP contribution in [-0.4, -0.2) is 5.11 Å². The van der Waals surface area contributed by atoms with Crippen molar-refractivity contribution in [2.75, 3.05) is 0 Å². The quantitative estimate of drug-likeness (QED) is 0.626. The van der Waals surface area contributed by atoms with Crippen LogP contribution >= 0.6 is 0 Å². The van der Waals surface area contributed by atoms with Crippen LogP contribution in [0.4, 0.5) is 0 Å². The zero-order valence-electron chi connectivity index (χ0n) is 6.67. The summed E-state index contributed by atoms with van der Waals surface area (Å²) in [6.07, 6.45) is 3.09. The van der Waals surface area contributed by atoms with E-state index in [9.17, 15) is 5.11 Å². The van der Waals surface area contributed by atoms with Gasteiger partial charge in [-0.15, -0.1) is 0 Å². The molecule has 0 amide bonds. The van der Waals surface area contributed by atoms with E-state index in [0.717, 1.165) is 30.4 Å². The Labute approximate surface area is 71.1 Å². The van der Waals surface area contributed by atoms with Crippen molar-refractivity contribution < 1.29 is 5.11 Å². The summed E-state index contributed by atoms with van der Waals surface area (Å²) in [4.78, 5) is 0. The molecule has 0 spiro atoms. The summed E-state index contributed by atoms with van der Waals surface area (Å²) < 4.78 is 0. The van der Waals surface area contributed by atoms with Crippen LogP contribution in [0.3, 0.4) is 0 Å². The second-order valence-electron chi connectivity index (χ2n) is 3.10. The first kappa shape index (κ1) is 7.17. The highest BCUT2D eigenvalue weighted by Crippen LogP contribution is 2.28. The van der Waals surface area contributed by atoms with Crippen LogP contribution in [0.1, 0.15) is 23.1 Å². The third-order valence-electron chi connectivity index (χ3n) is 2.32. The Kier molecular flexibility index (Phi) is 1.51. The monoisotopic (exact) mass is 159 g/mol. The highest BCUT2D eigenvalue weighted by atomic mass is 16.3. The van der Waals surface area contributed by atoms with Gasteiger partial charge in [0.05, 0.1) is 11.6 Å². The van der Waals surface area contributed by atoms with Crippen LogP contribution in [0.25, 0.3) is 0 Å². The van der Waals surface area contributed by atoms with Crippen molar-refractivity contribution in [3.05, 3.63) is 28.8 Å². The molecule has 0 fully saturated rings. The van der Waals surface area contributed by atoms with Gasteiger partial charge in [0, 0.05) is 0 Å². The summed E-state index contributed by atoms with van der Waals surface area (Å²) in [5.74, 6) is 0.215. The number of hydrogen-bond acceptors (Lipinski definition) is 2. The molecule has 0 aromatic heterocycles. The molecule has 2 nitrogen and oxygen atoms in total. The average Bonchev–Trinajstić information content (AvgIpc) is 2.50. The molecule has 2 rings (SSSR count). The number of nitriles is 1. The molecule has 0 unspecified atom stereocenters. The zero-order valence-corrected chi connectivity index (χ0v) is 6.67. The lowest BCUT2D eigenvalue weighted by Gasteiger charge is -2.01. The minimum atomic E-state index is 0.215. The molecule has 1 aromatic rings. The Morgan fingerprint density at radius 1 is 1.33 bits per heavy atom. The second-order valence-corrected chi connectivity index (χ2v) is 3.10. The highest BCUT2D eigenvalue weighted by Gasteiger charge is 2.15. The van der Waals surface area contributed by atoms with E-state index in [1.54, 1.807) is 12.1 Å². The number of phenolic OH excluding ortho intramolecular Hbond substituents is 1. The SMILES string of the molecule is N#Cc1cc(O)cc2c1CCC2. The fourth-order valence-electron chi connectivity index (χ4n) is 1.79. The Hall–Kier alpha value is -1.49. The van der Waals surface area contributed by atoms with E-state index in [-0.39, 0.29) is 5.75 Å². The van der Waals surface area contributed by atoms with Gasteiger partial charge in [-0.3, -0.25) is 0 Å². The van der Waals surface area contributed by atoms with Gasteiger partial charge in [0.25, 0.3) is 0 Å². The van der Waals surface area contributed by atoms with Gasteiger partial charge in [0.15, 0.2) is 0 Å². The molecule has 1 aliphatic rings. The van der Waals surface area contributed by atoms with E-state index in [2.05, 4.69) is 6.07 Å². The number of aromatic hydroxyl groups is 1. The fourth-order valence-corrected chi connectivity index (χ4v) is 1.79. The molecule has 1 aromatic carbocycles. The van der Waals surface area contributed by atoms with Gasteiger partial charge in [0.2, 0.25) is 0 Å². The molecule has 60 valence electrons. The van der Waals surface area contributed by atoms with Crippen molar-refractivity contribution in [3.8, 4) is 11.8 Å². The molecular formula is C10H9NO. The minimum absolute atomic E-state index is 0.215. The molecule has 0 saturated heterocycles. The van der Waals surface area contributed by atoms with Crippen molar-refractivity contribution >= 4 is 0 Å². The van der Waals surface area contributed by atoms with Gasteiger partial charge in [0.1, 0.15) is 5.75 Å². The summed E-state index contributed by atoms with van der Waals surface area (Å²) >= 11 is 0. The lowest BCUT2D eigenvalue weighted by molar-refractivity contribution is 0.474. The van der Waals surface area contributed by atoms with Crippen LogP contribution in [-0.2, 0) is 12.8 Å². The first-order valence-corrected chi connectivity index (χ1v) is 4.06. The van der Waals surface area contributed by atoms with Gasteiger partial charge in [-0.05, 0) is 42.5 Å². The maximum absolute atomic E-state index is 9.26. The van der Waals surface area contributed by atoms with E-state index < -0.39 is 0 Å². The van der Waals surface area contributed by atoms with Crippen molar-refractivity contribution in [1.29, 1.82) is 5.26 Å². The lowest BCUT2D eigenvalue weighted by atomic mass is 10.0. The lowest BCUT2D eigenvalue weighted by Crippen LogP contribution is -1.87. The number of phenols is 1. The molecule has 1 aliphatic carbocycles. The predicted molar refractivity (Wildman–Crippen MR) is 44.8 cm³/mol. The number of aryl methyl sites for hydroxylation is 1. The number of nitrogens with zero attached hydrogens (tertiary/aromatic N) is 1. The van der Waals surface area contributed by atoms with Crippen LogP contribution in [0, 0.1) is 11.3 Å². The smallest absolute Gasteiger partial charge is 0.117 e.